The van der Waals surface area contributed by atoms with Crippen molar-refractivity contribution in [3.8, 4) is 0 Å². The van der Waals surface area contributed by atoms with Crippen LogP contribution in [0.4, 0.5) is 0 Å². The minimum absolute atomic E-state index is 0.951. The summed E-state index contributed by atoms with van der Waals surface area (Å²) in [6.07, 6.45) is 2.03. The molecule has 0 atom stereocenters. The van der Waals surface area contributed by atoms with E-state index in [0.717, 1.165) is 18.4 Å². The lowest BCUT2D eigenvalue weighted by atomic mass is 9.91. The molecule has 0 heterocycles. The van der Waals surface area contributed by atoms with E-state index in [-0.39, 0.29) is 0 Å². The van der Waals surface area contributed by atoms with E-state index in [9.17, 15) is 0 Å². The lowest BCUT2D eigenvalue weighted by molar-refractivity contribution is 1.07. The summed E-state index contributed by atoms with van der Waals surface area (Å²) in [5.74, 6) is 0. The Morgan fingerprint density at radius 3 is 2.19 bits per heavy atom. The van der Waals surface area contributed by atoms with Gasteiger partial charge in [-0.15, -0.1) is 0 Å². The summed E-state index contributed by atoms with van der Waals surface area (Å²) in [7, 11) is 0. The molecular formula is C16H22. The number of allylic oxidation sites excluding steroid dienone is 2. The Balaban J connectivity index is 3.30. The molecule has 0 aliphatic rings. The van der Waals surface area contributed by atoms with E-state index in [4.69, 9.17) is 0 Å². The largest absolute Gasteiger partial charge is 0.0998 e. The summed E-state index contributed by atoms with van der Waals surface area (Å²) in [5.41, 5.74) is 7.80. The molecule has 0 heteroatoms. The molecule has 16 heavy (non-hydrogen) atoms. The van der Waals surface area contributed by atoms with Crippen molar-refractivity contribution in [2.75, 3.05) is 0 Å². The molecule has 0 aromatic heterocycles. The van der Waals surface area contributed by atoms with Crippen molar-refractivity contribution in [2.45, 2.75) is 40.5 Å². The lowest BCUT2D eigenvalue weighted by Crippen LogP contribution is -1.98. The molecule has 0 amide bonds. The van der Waals surface area contributed by atoms with Gasteiger partial charge in [0.25, 0.3) is 0 Å². The molecule has 0 saturated heterocycles. The number of hydrogen-bond donors (Lipinski definition) is 0. The molecule has 0 unspecified atom stereocenters. The van der Waals surface area contributed by atoms with Gasteiger partial charge in [0.2, 0.25) is 0 Å². The Morgan fingerprint density at radius 1 is 1.12 bits per heavy atom. The molecule has 86 valence electrons. The van der Waals surface area contributed by atoms with Crippen LogP contribution < -0.4 is 0 Å². The van der Waals surface area contributed by atoms with E-state index in [1.807, 2.05) is 0 Å². The fraction of sp³-hybridized carbons (Fsp3) is 0.375. The Hall–Kier alpha value is -1.30. The van der Waals surface area contributed by atoms with Crippen molar-refractivity contribution in [1.29, 1.82) is 0 Å². The van der Waals surface area contributed by atoms with Crippen molar-refractivity contribution in [3.63, 3.8) is 0 Å². The summed E-state index contributed by atoms with van der Waals surface area (Å²) in [6, 6.07) is 4.58. The predicted octanol–water partition coefficient (Wildman–Crippen LogP) is 4.71. The molecular weight excluding hydrogens is 192 g/mol. The molecule has 1 aromatic carbocycles. The monoisotopic (exact) mass is 214 g/mol. The predicted molar refractivity (Wildman–Crippen MR) is 73.8 cm³/mol. The smallest absolute Gasteiger partial charge is 0.00664 e. The van der Waals surface area contributed by atoms with Crippen LogP contribution in [0, 0.1) is 6.92 Å². The Morgan fingerprint density at radius 2 is 1.75 bits per heavy atom. The van der Waals surface area contributed by atoms with Crippen LogP contribution in [0.2, 0.25) is 0 Å². The zero-order valence-electron chi connectivity index (χ0n) is 11.0. The molecule has 0 aliphatic carbocycles. The van der Waals surface area contributed by atoms with Crippen LogP contribution >= 0.6 is 0 Å². The third kappa shape index (κ3) is 2.85. The van der Waals surface area contributed by atoms with E-state index in [0.29, 0.717) is 0 Å². The van der Waals surface area contributed by atoms with Gasteiger partial charge in [0, 0.05) is 0 Å². The Kier molecular flexibility index (Phi) is 4.12. The van der Waals surface area contributed by atoms with Crippen molar-refractivity contribution in [3.05, 3.63) is 53.1 Å². The maximum Gasteiger partial charge on any atom is -0.00664 e. The fourth-order valence-corrected chi connectivity index (χ4v) is 2.06. The van der Waals surface area contributed by atoms with E-state index >= 15 is 0 Å². The van der Waals surface area contributed by atoms with Crippen LogP contribution in [0.5, 0.6) is 0 Å². The normalized spacial score (nSPS) is 10.2. The summed E-state index contributed by atoms with van der Waals surface area (Å²) in [4.78, 5) is 0. The number of benzene rings is 1. The van der Waals surface area contributed by atoms with Crippen molar-refractivity contribution in [1.82, 2.24) is 0 Å². The standard InChI is InChI=1S/C16H22/c1-7-14-10-16(12(4)5)15(8-11(2)3)9-13(14)6/h9-10H,2,4,7-8H2,1,3,5-6H3. The highest BCUT2D eigenvalue weighted by molar-refractivity contribution is 5.66. The van der Waals surface area contributed by atoms with E-state index in [1.54, 1.807) is 0 Å². The van der Waals surface area contributed by atoms with Gasteiger partial charge in [0.05, 0.1) is 0 Å². The fourth-order valence-electron chi connectivity index (χ4n) is 2.06. The van der Waals surface area contributed by atoms with Crippen LogP contribution in [0.25, 0.3) is 5.57 Å². The first kappa shape index (κ1) is 12.8. The maximum absolute atomic E-state index is 4.07. The molecule has 1 aromatic rings. The van der Waals surface area contributed by atoms with Gasteiger partial charge in [-0.2, -0.15) is 0 Å². The summed E-state index contributed by atoms with van der Waals surface area (Å²) >= 11 is 0. The van der Waals surface area contributed by atoms with Crippen molar-refractivity contribution >= 4 is 5.57 Å². The topological polar surface area (TPSA) is 0 Å². The van der Waals surface area contributed by atoms with Gasteiger partial charge in [-0.3, -0.25) is 0 Å². The van der Waals surface area contributed by atoms with Gasteiger partial charge >= 0.3 is 0 Å². The quantitative estimate of drug-likeness (QED) is 0.637. The molecule has 1 rings (SSSR count). The van der Waals surface area contributed by atoms with Crippen LogP contribution in [0.1, 0.15) is 43.0 Å². The van der Waals surface area contributed by atoms with Gasteiger partial charge in [-0.25, -0.2) is 0 Å². The van der Waals surface area contributed by atoms with Gasteiger partial charge in [-0.1, -0.05) is 43.4 Å². The SMILES string of the molecule is C=C(C)Cc1cc(C)c(CC)cc1C(=C)C. The Bertz CT molecular complexity index is 422. The highest BCUT2D eigenvalue weighted by Crippen LogP contribution is 2.24. The first-order valence-electron chi connectivity index (χ1n) is 5.88. The first-order valence-corrected chi connectivity index (χ1v) is 5.88. The zero-order valence-corrected chi connectivity index (χ0v) is 11.0. The minimum Gasteiger partial charge on any atom is -0.0998 e. The molecule has 0 fully saturated rings. The summed E-state index contributed by atoms with van der Waals surface area (Å²) in [5, 5.41) is 0. The minimum atomic E-state index is 0.951. The van der Waals surface area contributed by atoms with E-state index < -0.39 is 0 Å². The second-order valence-corrected chi connectivity index (χ2v) is 4.70. The van der Waals surface area contributed by atoms with Gasteiger partial charge < -0.3 is 0 Å². The maximum atomic E-state index is 4.07. The molecule has 0 nitrogen and oxygen atoms in total. The van der Waals surface area contributed by atoms with Gasteiger partial charge in [-0.05, 0) is 55.9 Å². The van der Waals surface area contributed by atoms with Crippen LogP contribution in [-0.4, -0.2) is 0 Å². The van der Waals surface area contributed by atoms with E-state index in [2.05, 4.69) is 53.0 Å². The Labute approximate surface area is 99.7 Å². The highest BCUT2D eigenvalue weighted by atomic mass is 14.1. The highest BCUT2D eigenvalue weighted by Gasteiger charge is 2.07. The zero-order chi connectivity index (χ0) is 12.3. The lowest BCUT2D eigenvalue weighted by Gasteiger charge is -2.14. The van der Waals surface area contributed by atoms with Crippen LogP contribution in [-0.2, 0) is 12.8 Å². The van der Waals surface area contributed by atoms with Gasteiger partial charge in [0.1, 0.15) is 0 Å². The third-order valence-electron chi connectivity index (χ3n) is 2.89. The number of aryl methyl sites for hydroxylation is 2. The molecule has 0 saturated carbocycles. The molecule has 0 radical (unpaired) electrons. The number of hydrogen-bond acceptors (Lipinski definition) is 0. The van der Waals surface area contributed by atoms with E-state index in [1.165, 1.54) is 27.8 Å². The first-order chi connectivity index (χ1) is 7.45. The molecule has 0 bridgehead atoms. The second-order valence-electron chi connectivity index (χ2n) is 4.70. The average Bonchev–Trinajstić information content (AvgIpc) is 2.16. The second kappa shape index (κ2) is 5.16. The summed E-state index contributed by atoms with van der Waals surface area (Å²) in [6.45, 7) is 16.6. The summed E-state index contributed by atoms with van der Waals surface area (Å²) < 4.78 is 0. The van der Waals surface area contributed by atoms with Crippen LogP contribution in [0.15, 0.2) is 30.9 Å². The van der Waals surface area contributed by atoms with Gasteiger partial charge in [0.15, 0.2) is 0 Å². The van der Waals surface area contributed by atoms with Crippen molar-refractivity contribution < 1.29 is 0 Å². The van der Waals surface area contributed by atoms with Crippen molar-refractivity contribution in [2.24, 2.45) is 0 Å². The molecule has 0 spiro atoms. The average molecular weight is 214 g/mol. The molecule has 0 N–H and O–H groups in total. The third-order valence-corrected chi connectivity index (χ3v) is 2.89. The molecule has 0 aliphatic heterocycles. The number of rotatable bonds is 4. The van der Waals surface area contributed by atoms with Crippen LogP contribution in [0.3, 0.4) is 0 Å².